The van der Waals surface area contributed by atoms with E-state index in [4.69, 9.17) is 10.2 Å². The van der Waals surface area contributed by atoms with E-state index in [0.29, 0.717) is 22.4 Å². The molecule has 1 heterocycles. The van der Waals surface area contributed by atoms with Gasteiger partial charge in [0.25, 0.3) is 5.91 Å². The minimum absolute atomic E-state index is 0.0186. The summed E-state index contributed by atoms with van der Waals surface area (Å²) in [6.45, 7) is 3.26. The molecule has 40 heavy (non-hydrogen) atoms. The number of phenols is 1. The number of nitrogens with two attached hydrogens (primary N) is 1. The topological polar surface area (TPSA) is 178 Å². The summed E-state index contributed by atoms with van der Waals surface area (Å²) in [4.78, 5) is 43.5. The average molecular weight is 552 g/mol. The number of rotatable bonds is 4. The molecule has 1 aromatic heterocycles. The van der Waals surface area contributed by atoms with Crippen LogP contribution in [0.4, 0.5) is 5.69 Å². The van der Waals surface area contributed by atoms with Crippen molar-refractivity contribution in [1.29, 1.82) is 0 Å². The molecule has 0 saturated heterocycles. The van der Waals surface area contributed by atoms with Crippen LogP contribution in [0.2, 0.25) is 0 Å². The zero-order chi connectivity index (χ0) is 29.7. The summed E-state index contributed by atoms with van der Waals surface area (Å²) >= 11 is 0. The third-order valence-corrected chi connectivity index (χ3v) is 8.92. The molecule has 1 saturated carbocycles. The van der Waals surface area contributed by atoms with Crippen molar-refractivity contribution < 1.29 is 39.2 Å². The summed E-state index contributed by atoms with van der Waals surface area (Å²) in [6.07, 6.45) is 3.00. The van der Waals surface area contributed by atoms with Gasteiger partial charge < -0.3 is 35.5 Å². The molecule has 6 N–H and O–H groups in total. The molecule has 0 unspecified atom stereocenters. The van der Waals surface area contributed by atoms with Crippen LogP contribution in [0.1, 0.15) is 31.4 Å². The van der Waals surface area contributed by atoms with E-state index in [1.807, 2.05) is 19.0 Å². The Morgan fingerprint density at radius 1 is 1.12 bits per heavy atom. The third kappa shape index (κ3) is 3.21. The summed E-state index contributed by atoms with van der Waals surface area (Å²) in [5, 5.41) is 46.5. The van der Waals surface area contributed by atoms with Crippen LogP contribution in [-0.4, -0.2) is 82.6 Å². The van der Waals surface area contributed by atoms with Crippen molar-refractivity contribution in [2.24, 2.45) is 16.6 Å². The molecular weight excluding hydrogens is 518 g/mol. The molecule has 5 rings (SSSR count). The van der Waals surface area contributed by atoms with Crippen LogP contribution < -0.4 is 10.6 Å². The van der Waals surface area contributed by atoms with Gasteiger partial charge in [-0.3, -0.25) is 19.3 Å². The number of anilines is 1. The number of ketones is 2. The zero-order valence-electron chi connectivity index (χ0n) is 23.2. The normalized spacial score (nSPS) is 29.9. The number of amides is 1. The first-order valence-corrected chi connectivity index (χ1v) is 12.8. The predicted octanol–water partition coefficient (Wildman–Crippen LogP) is 2.07. The smallest absolute Gasteiger partial charge is 0.255 e. The van der Waals surface area contributed by atoms with Crippen LogP contribution in [0.3, 0.4) is 0 Å². The Kier molecular flexibility index (Phi) is 5.81. The summed E-state index contributed by atoms with van der Waals surface area (Å²) in [6, 6.07) is 2.21. The fraction of sp³-hybridized carbons (Fsp3) is 0.414. The van der Waals surface area contributed by atoms with E-state index in [1.165, 1.54) is 24.3 Å². The molecule has 11 heteroatoms. The number of phenolic OH excluding ortho intramolecular Hbond substituents is 1. The zero-order valence-corrected chi connectivity index (χ0v) is 23.2. The van der Waals surface area contributed by atoms with Crippen LogP contribution in [0.5, 0.6) is 5.75 Å². The van der Waals surface area contributed by atoms with Crippen LogP contribution in [0, 0.1) is 10.8 Å². The molecular formula is C29H33N3O8. The largest absolute Gasteiger partial charge is 0.508 e. The lowest BCUT2D eigenvalue weighted by Gasteiger charge is -2.59. The summed E-state index contributed by atoms with van der Waals surface area (Å²) in [7, 11) is 6.76. The van der Waals surface area contributed by atoms with E-state index < -0.39 is 57.0 Å². The number of furan rings is 1. The van der Waals surface area contributed by atoms with Gasteiger partial charge in [0, 0.05) is 47.3 Å². The van der Waals surface area contributed by atoms with Gasteiger partial charge in [-0.25, -0.2) is 0 Å². The molecule has 11 nitrogen and oxygen atoms in total. The Bertz CT molecular complexity index is 1550. The molecule has 212 valence electrons. The Balaban J connectivity index is 1.86. The molecule has 0 spiro atoms. The molecule has 1 fully saturated rings. The van der Waals surface area contributed by atoms with Gasteiger partial charge in [-0.05, 0) is 44.6 Å². The number of primary amides is 1. The van der Waals surface area contributed by atoms with E-state index in [0.717, 1.165) is 0 Å². The number of nitrogens with zero attached hydrogens (tertiary/aromatic N) is 2. The second-order valence-corrected chi connectivity index (χ2v) is 12.0. The first-order chi connectivity index (χ1) is 18.5. The molecule has 0 bridgehead atoms. The molecule has 0 aliphatic heterocycles. The fourth-order valence-electron chi connectivity index (χ4n) is 7.41. The lowest BCUT2D eigenvalue weighted by molar-refractivity contribution is -0.175. The monoisotopic (exact) mass is 551 g/mol. The maximum Gasteiger partial charge on any atom is 0.255 e. The van der Waals surface area contributed by atoms with Gasteiger partial charge in [-0.1, -0.05) is 13.8 Å². The number of aliphatic hydroxyl groups is 3. The number of benzene rings is 1. The summed E-state index contributed by atoms with van der Waals surface area (Å²) in [5.74, 6) is -5.12. The highest BCUT2D eigenvalue weighted by Gasteiger charge is 2.72. The second-order valence-electron chi connectivity index (χ2n) is 12.0. The molecule has 3 aliphatic carbocycles. The second kappa shape index (κ2) is 8.45. The van der Waals surface area contributed by atoms with E-state index in [9.17, 15) is 34.8 Å². The SMILES string of the molecule is CN(C)c1cc(-c2ccoc2)c(O)c2c1C[C@@]1(C)C[C@@]3(C)[C@H](N(C)C)C(=O)C(C(N)=O)=C(O)[C@@]3(O)C(=O)C1=C2O. The minimum atomic E-state index is -2.76. The van der Waals surface area contributed by atoms with E-state index in [2.05, 4.69) is 0 Å². The Labute approximate surface area is 230 Å². The predicted molar refractivity (Wildman–Crippen MR) is 146 cm³/mol. The standard InChI is InChI=1S/C29H33N3O8/c1-27-10-15-16(31(3)4)9-14(13-7-8-40-11-13)20(33)17(15)21(34)19(27)25(37)29(39)24(36)18(26(30)38)22(35)23(32(5)6)28(29,2)12-27/h7-9,11,23,33-34,36,39H,10,12H2,1-6H3,(H2,30,38)/t23-,27+,28+,29-/m1/s1. The van der Waals surface area contributed by atoms with Gasteiger partial charge in [0.2, 0.25) is 5.78 Å². The van der Waals surface area contributed by atoms with Crippen molar-refractivity contribution in [1.82, 2.24) is 4.90 Å². The first-order valence-electron chi connectivity index (χ1n) is 12.8. The van der Waals surface area contributed by atoms with Crippen molar-refractivity contribution in [3.8, 4) is 16.9 Å². The molecule has 3 aliphatic rings. The van der Waals surface area contributed by atoms with E-state index in [-0.39, 0.29) is 29.7 Å². The number of aromatic hydroxyl groups is 1. The number of likely N-dealkylation sites (N-methyl/N-ethyl adjacent to an activating group) is 1. The van der Waals surface area contributed by atoms with Gasteiger partial charge in [0.05, 0.1) is 24.1 Å². The lowest BCUT2D eigenvalue weighted by atomic mass is 9.46. The van der Waals surface area contributed by atoms with Crippen LogP contribution in [-0.2, 0) is 20.8 Å². The number of carbonyl (C=O) groups excluding carboxylic acids is 3. The maximum absolute atomic E-state index is 14.4. The van der Waals surface area contributed by atoms with Gasteiger partial charge in [0.1, 0.15) is 22.8 Å². The van der Waals surface area contributed by atoms with Crippen molar-refractivity contribution in [3.63, 3.8) is 0 Å². The Hall–Kier alpha value is -4.09. The van der Waals surface area contributed by atoms with Crippen molar-refractivity contribution in [2.45, 2.75) is 38.3 Å². The van der Waals surface area contributed by atoms with Crippen molar-refractivity contribution >= 4 is 28.9 Å². The van der Waals surface area contributed by atoms with E-state index in [1.54, 1.807) is 33.2 Å². The first kappa shape index (κ1) is 27.5. The molecule has 1 amide bonds. The Morgan fingerprint density at radius 3 is 2.30 bits per heavy atom. The minimum Gasteiger partial charge on any atom is -0.508 e. The van der Waals surface area contributed by atoms with Crippen molar-refractivity contribution in [2.75, 3.05) is 33.1 Å². The van der Waals surface area contributed by atoms with Gasteiger partial charge in [0.15, 0.2) is 11.4 Å². The highest BCUT2D eigenvalue weighted by molar-refractivity contribution is 6.25. The number of fused-ring (bicyclic) bond motifs is 3. The fourth-order valence-corrected chi connectivity index (χ4v) is 7.41. The maximum atomic E-state index is 14.4. The van der Waals surface area contributed by atoms with Crippen LogP contribution in [0.25, 0.3) is 16.9 Å². The number of Topliss-reactive ketones (excluding diaryl/α,β-unsaturated/α-hetero) is 2. The molecule has 0 radical (unpaired) electrons. The number of hydrogen-bond donors (Lipinski definition) is 5. The van der Waals surface area contributed by atoms with E-state index >= 15 is 0 Å². The highest BCUT2D eigenvalue weighted by Crippen LogP contribution is 2.64. The lowest BCUT2D eigenvalue weighted by Crippen LogP contribution is -2.72. The quantitative estimate of drug-likeness (QED) is 0.353. The Morgan fingerprint density at radius 2 is 1.77 bits per heavy atom. The number of carbonyl (C=O) groups is 3. The van der Waals surface area contributed by atoms with Crippen molar-refractivity contribution in [3.05, 3.63) is 52.7 Å². The highest BCUT2D eigenvalue weighted by atomic mass is 16.4. The van der Waals surface area contributed by atoms with Gasteiger partial charge in [-0.15, -0.1) is 0 Å². The summed E-state index contributed by atoms with van der Waals surface area (Å²) < 4.78 is 5.19. The number of aliphatic hydroxyl groups excluding tert-OH is 2. The van der Waals surface area contributed by atoms with Crippen LogP contribution >= 0.6 is 0 Å². The molecule has 4 atom stereocenters. The van der Waals surface area contributed by atoms with Crippen LogP contribution in [0.15, 0.2) is 46.0 Å². The molecule has 2 aromatic rings. The average Bonchev–Trinajstić information content (AvgIpc) is 3.35. The summed E-state index contributed by atoms with van der Waals surface area (Å²) in [5.41, 5.74) is 1.00. The van der Waals surface area contributed by atoms with Gasteiger partial charge >= 0.3 is 0 Å². The van der Waals surface area contributed by atoms with Gasteiger partial charge in [-0.2, -0.15) is 0 Å². The number of hydrogen-bond acceptors (Lipinski definition) is 10. The third-order valence-electron chi connectivity index (χ3n) is 8.92. The molecule has 1 aromatic carbocycles.